The summed E-state index contributed by atoms with van der Waals surface area (Å²) in [7, 11) is -3.95. The SMILES string of the molecule is CCOc1sc(CC)nc1S(=O)(=O)N1CCOc2ccc(NC(C)=O)cc21. The van der Waals surface area contributed by atoms with Crippen LogP contribution in [0.5, 0.6) is 10.8 Å². The van der Waals surface area contributed by atoms with Crippen molar-refractivity contribution in [3.05, 3.63) is 23.2 Å². The van der Waals surface area contributed by atoms with Gasteiger partial charge in [-0.3, -0.25) is 9.10 Å². The lowest BCUT2D eigenvalue weighted by Crippen LogP contribution is -2.38. The number of aryl methyl sites for hydroxylation is 1. The molecule has 1 aliphatic heterocycles. The first-order chi connectivity index (χ1) is 12.9. The van der Waals surface area contributed by atoms with Gasteiger partial charge in [-0.05, 0) is 31.5 Å². The number of nitrogens with zero attached hydrogens (tertiary/aromatic N) is 2. The lowest BCUT2D eigenvalue weighted by molar-refractivity contribution is -0.114. The van der Waals surface area contributed by atoms with Crippen molar-refractivity contribution in [1.82, 2.24) is 4.98 Å². The fraction of sp³-hybridized carbons (Fsp3) is 0.412. The zero-order chi connectivity index (χ0) is 19.6. The Morgan fingerprint density at radius 1 is 1.41 bits per heavy atom. The maximum atomic E-state index is 13.4. The van der Waals surface area contributed by atoms with Crippen LogP contribution in [0.3, 0.4) is 0 Å². The van der Waals surface area contributed by atoms with Gasteiger partial charge in [0.15, 0.2) is 0 Å². The molecule has 0 saturated carbocycles. The second kappa shape index (κ2) is 7.73. The summed E-state index contributed by atoms with van der Waals surface area (Å²) in [4.78, 5) is 15.6. The summed E-state index contributed by atoms with van der Waals surface area (Å²) in [6.45, 7) is 5.81. The molecule has 27 heavy (non-hydrogen) atoms. The summed E-state index contributed by atoms with van der Waals surface area (Å²) in [5.41, 5.74) is 0.852. The van der Waals surface area contributed by atoms with Crippen LogP contribution in [0.25, 0.3) is 0 Å². The Hall–Kier alpha value is -2.33. The third kappa shape index (κ3) is 3.86. The largest absolute Gasteiger partial charge is 0.489 e. The molecule has 3 rings (SSSR count). The summed E-state index contributed by atoms with van der Waals surface area (Å²) in [6.07, 6.45) is 0.618. The van der Waals surface area contributed by atoms with Crippen LogP contribution in [0, 0.1) is 0 Å². The van der Waals surface area contributed by atoms with Crippen molar-refractivity contribution in [2.24, 2.45) is 0 Å². The smallest absolute Gasteiger partial charge is 0.286 e. The van der Waals surface area contributed by atoms with Gasteiger partial charge in [-0.1, -0.05) is 18.3 Å². The normalized spacial score (nSPS) is 13.7. The van der Waals surface area contributed by atoms with Crippen molar-refractivity contribution in [2.45, 2.75) is 32.2 Å². The van der Waals surface area contributed by atoms with Gasteiger partial charge < -0.3 is 14.8 Å². The quantitative estimate of drug-likeness (QED) is 0.785. The van der Waals surface area contributed by atoms with Crippen LogP contribution in [0.15, 0.2) is 23.2 Å². The minimum Gasteiger partial charge on any atom is -0.489 e. The van der Waals surface area contributed by atoms with Crippen LogP contribution in [0.2, 0.25) is 0 Å². The van der Waals surface area contributed by atoms with Crippen LogP contribution in [0.4, 0.5) is 11.4 Å². The molecule has 0 atom stereocenters. The topological polar surface area (TPSA) is 97.8 Å². The van der Waals surface area contributed by atoms with Gasteiger partial charge in [-0.25, -0.2) is 4.98 Å². The molecule has 0 saturated heterocycles. The van der Waals surface area contributed by atoms with Crippen molar-refractivity contribution in [2.75, 3.05) is 29.4 Å². The maximum absolute atomic E-state index is 13.4. The van der Waals surface area contributed by atoms with Gasteiger partial charge in [0, 0.05) is 12.6 Å². The van der Waals surface area contributed by atoms with Gasteiger partial charge in [0.25, 0.3) is 10.0 Å². The van der Waals surface area contributed by atoms with E-state index in [1.807, 2.05) is 6.92 Å². The fourth-order valence-corrected chi connectivity index (χ4v) is 5.42. The van der Waals surface area contributed by atoms with E-state index in [1.54, 1.807) is 25.1 Å². The highest BCUT2D eigenvalue weighted by Gasteiger charge is 2.35. The lowest BCUT2D eigenvalue weighted by Gasteiger charge is -2.30. The number of ether oxygens (including phenoxy) is 2. The van der Waals surface area contributed by atoms with Crippen molar-refractivity contribution in [1.29, 1.82) is 0 Å². The molecule has 0 spiro atoms. The number of benzene rings is 1. The summed E-state index contributed by atoms with van der Waals surface area (Å²) < 4.78 is 39.1. The zero-order valence-corrected chi connectivity index (χ0v) is 16.9. The predicted octanol–water partition coefficient (Wildman–Crippen LogP) is 2.65. The summed E-state index contributed by atoms with van der Waals surface area (Å²) in [5.74, 6) is 0.189. The highest BCUT2D eigenvalue weighted by molar-refractivity contribution is 7.93. The molecule has 0 radical (unpaired) electrons. The van der Waals surface area contributed by atoms with Crippen LogP contribution in [-0.2, 0) is 21.2 Å². The first-order valence-corrected chi connectivity index (χ1v) is 10.8. The molecule has 1 aromatic heterocycles. The van der Waals surface area contributed by atoms with Gasteiger partial charge >= 0.3 is 0 Å². The van der Waals surface area contributed by atoms with E-state index in [0.717, 1.165) is 0 Å². The zero-order valence-electron chi connectivity index (χ0n) is 15.3. The Kier molecular flexibility index (Phi) is 5.56. The molecular weight excluding hydrogens is 390 g/mol. The van der Waals surface area contributed by atoms with Crippen molar-refractivity contribution < 1.29 is 22.7 Å². The minimum absolute atomic E-state index is 0.0796. The van der Waals surface area contributed by atoms with Crippen molar-refractivity contribution in [3.63, 3.8) is 0 Å². The summed E-state index contributed by atoms with van der Waals surface area (Å²) in [6, 6.07) is 4.89. The van der Waals surface area contributed by atoms with E-state index >= 15 is 0 Å². The molecule has 8 nitrogen and oxygen atoms in total. The van der Waals surface area contributed by atoms with E-state index in [-0.39, 0.29) is 24.1 Å². The molecule has 1 aromatic carbocycles. The van der Waals surface area contributed by atoms with Gasteiger partial charge in [-0.15, -0.1) is 0 Å². The molecule has 2 aromatic rings. The van der Waals surface area contributed by atoms with E-state index in [2.05, 4.69) is 10.3 Å². The average Bonchev–Trinajstić information content (AvgIpc) is 3.05. The Labute approximate surface area is 162 Å². The number of hydrogen-bond donors (Lipinski definition) is 1. The average molecular weight is 412 g/mol. The van der Waals surface area contributed by atoms with Gasteiger partial charge in [0.2, 0.25) is 16.0 Å². The number of fused-ring (bicyclic) bond motifs is 1. The Morgan fingerprint density at radius 2 is 2.19 bits per heavy atom. The first-order valence-electron chi connectivity index (χ1n) is 8.56. The number of anilines is 2. The number of thiazole rings is 1. The van der Waals surface area contributed by atoms with Crippen LogP contribution < -0.4 is 19.1 Å². The molecule has 1 aliphatic rings. The first kappa shape index (κ1) is 19.4. The van der Waals surface area contributed by atoms with E-state index in [1.165, 1.54) is 22.6 Å². The number of aromatic nitrogens is 1. The maximum Gasteiger partial charge on any atom is 0.286 e. The lowest BCUT2D eigenvalue weighted by atomic mass is 10.2. The number of sulfonamides is 1. The van der Waals surface area contributed by atoms with E-state index in [9.17, 15) is 13.2 Å². The summed E-state index contributed by atoms with van der Waals surface area (Å²) in [5, 5.41) is 3.56. The Morgan fingerprint density at radius 3 is 2.85 bits per heavy atom. The Bertz CT molecular complexity index is 955. The fourth-order valence-electron chi connectivity index (χ4n) is 2.70. The molecule has 0 aliphatic carbocycles. The monoisotopic (exact) mass is 411 g/mol. The third-order valence-electron chi connectivity index (χ3n) is 3.82. The Balaban J connectivity index is 2.07. The van der Waals surface area contributed by atoms with Crippen LogP contribution in [-0.4, -0.2) is 39.1 Å². The van der Waals surface area contributed by atoms with Crippen LogP contribution >= 0.6 is 11.3 Å². The van der Waals surface area contributed by atoms with Crippen LogP contribution in [0.1, 0.15) is 25.8 Å². The van der Waals surface area contributed by atoms with Gasteiger partial charge in [-0.2, -0.15) is 8.42 Å². The molecule has 0 unspecified atom stereocenters. The molecule has 0 fully saturated rings. The van der Waals surface area contributed by atoms with Crippen molar-refractivity contribution in [3.8, 4) is 10.8 Å². The molecule has 2 heterocycles. The number of nitrogens with one attached hydrogen (secondary N) is 1. The molecule has 1 amide bonds. The van der Waals surface area contributed by atoms with E-state index < -0.39 is 10.0 Å². The second-order valence-electron chi connectivity index (χ2n) is 5.78. The van der Waals surface area contributed by atoms with Gasteiger partial charge in [0.1, 0.15) is 12.4 Å². The van der Waals surface area contributed by atoms with E-state index in [4.69, 9.17) is 9.47 Å². The highest BCUT2D eigenvalue weighted by Crippen LogP contribution is 2.40. The van der Waals surface area contributed by atoms with Gasteiger partial charge in [0.05, 0.1) is 23.8 Å². The summed E-state index contributed by atoms with van der Waals surface area (Å²) >= 11 is 1.24. The number of amides is 1. The van der Waals surface area contributed by atoms with Crippen molar-refractivity contribution >= 4 is 38.6 Å². The van der Waals surface area contributed by atoms with E-state index in [0.29, 0.717) is 40.2 Å². The number of carbonyl (C=O) groups excluding carboxylic acids is 1. The third-order valence-corrected chi connectivity index (χ3v) is 6.79. The second-order valence-corrected chi connectivity index (χ2v) is 8.60. The molecule has 1 N–H and O–H groups in total. The molecular formula is C17H21N3O5S2. The molecule has 10 heteroatoms. The molecule has 0 bridgehead atoms. The number of carbonyl (C=O) groups is 1. The standard InChI is InChI=1S/C17H21N3O5S2/c1-4-15-19-16(17(26-15)24-5-2)27(22,23)20-8-9-25-14-7-6-12(10-13(14)20)18-11(3)21/h6-7,10H,4-5,8-9H2,1-3H3,(H,18,21). The predicted molar refractivity (Wildman–Crippen MR) is 103 cm³/mol. The number of hydrogen-bond acceptors (Lipinski definition) is 7. The highest BCUT2D eigenvalue weighted by atomic mass is 32.2. The molecule has 146 valence electrons. The number of rotatable bonds is 6. The minimum atomic E-state index is -3.95.